The lowest BCUT2D eigenvalue weighted by atomic mass is 10.2. The van der Waals surface area contributed by atoms with Gasteiger partial charge in [-0.25, -0.2) is 4.68 Å². The Morgan fingerprint density at radius 3 is 2.36 bits per heavy atom. The smallest absolute Gasteiger partial charge is 0.299 e. The molecule has 0 atom stereocenters. The Morgan fingerprint density at radius 1 is 1.23 bits per heavy atom. The molecule has 6 heteroatoms. The Kier molecular flexibility index (Phi) is 3.72. The van der Waals surface area contributed by atoms with Gasteiger partial charge < -0.3 is 0 Å². The molecule has 1 fully saturated rings. The minimum Gasteiger partial charge on any atom is -0.299 e. The summed E-state index contributed by atoms with van der Waals surface area (Å²) in [5.41, 5.74) is 1.41. The first-order valence-corrected chi connectivity index (χ1v) is 7.28. The molecule has 1 aromatic carbocycles. The van der Waals surface area contributed by atoms with E-state index in [-0.39, 0.29) is 0 Å². The van der Waals surface area contributed by atoms with Crippen LogP contribution in [0.1, 0.15) is 29.8 Å². The van der Waals surface area contributed by atoms with Gasteiger partial charge in [-0.3, -0.25) is 4.90 Å². The molecular formula is C16H18F3N3. The maximum absolute atomic E-state index is 12.7. The van der Waals surface area contributed by atoms with E-state index in [0.717, 1.165) is 18.2 Å². The van der Waals surface area contributed by atoms with E-state index in [0.29, 0.717) is 17.4 Å². The SMILES string of the molecule is Cc1cc(C(F)(F)F)nn1-c1ccc(CN(C)C2CC2)cc1. The summed E-state index contributed by atoms with van der Waals surface area (Å²) in [6, 6.07) is 9.27. The molecule has 3 rings (SSSR count). The average molecular weight is 309 g/mol. The zero-order chi connectivity index (χ0) is 15.9. The molecule has 1 aromatic heterocycles. The highest BCUT2D eigenvalue weighted by Crippen LogP contribution is 2.29. The molecular weight excluding hydrogens is 291 g/mol. The summed E-state index contributed by atoms with van der Waals surface area (Å²) >= 11 is 0. The number of benzene rings is 1. The monoisotopic (exact) mass is 309 g/mol. The fourth-order valence-corrected chi connectivity index (χ4v) is 2.55. The first kappa shape index (κ1) is 15.1. The minimum atomic E-state index is -4.41. The molecule has 0 aliphatic heterocycles. The van der Waals surface area contributed by atoms with E-state index in [2.05, 4.69) is 17.0 Å². The summed E-state index contributed by atoms with van der Waals surface area (Å²) in [5, 5.41) is 3.66. The van der Waals surface area contributed by atoms with Crippen LogP contribution in [0.25, 0.3) is 5.69 Å². The van der Waals surface area contributed by atoms with Crippen molar-refractivity contribution in [3.63, 3.8) is 0 Å². The second-order valence-corrected chi connectivity index (χ2v) is 5.89. The molecule has 1 heterocycles. The fourth-order valence-electron chi connectivity index (χ4n) is 2.55. The molecule has 1 saturated carbocycles. The summed E-state index contributed by atoms with van der Waals surface area (Å²) in [6.07, 6.45) is -1.91. The van der Waals surface area contributed by atoms with Crippen LogP contribution in [0.3, 0.4) is 0 Å². The summed E-state index contributed by atoms with van der Waals surface area (Å²) < 4.78 is 39.4. The van der Waals surface area contributed by atoms with Crippen LogP contribution in [0.15, 0.2) is 30.3 Å². The highest BCUT2D eigenvalue weighted by molar-refractivity contribution is 5.36. The Balaban J connectivity index is 1.79. The minimum absolute atomic E-state index is 0.468. The number of alkyl halides is 3. The second kappa shape index (κ2) is 5.43. The molecule has 1 aliphatic rings. The van der Waals surface area contributed by atoms with E-state index in [1.807, 2.05) is 24.3 Å². The van der Waals surface area contributed by atoms with Crippen LogP contribution in [-0.4, -0.2) is 27.8 Å². The molecule has 0 bridgehead atoms. The van der Waals surface area contributed by atoms with Gasteiger partial charge in [0.2, 0.25) is 0 Å². The van der Waals surface area contributed by atoms with E-state index in [1.165, 1.54) is 17.5 Å². The van der Waals surface area contributed by atoms with Crippen LogP contribution in [-0.2, 0) is 12.7 Å². The average Bonchev–Trinajstić information content (AvgIpc) is 3.22. The number of hydrogen-bond donors (Lipinski definition) is 0. The number of halogens is 3. The van der Waals surface area contributed by atoms with Crippen LogP contribution < -0.4 is 0 Å². The fraction of sp³-hybridized carbons (Fsp3) is 0.438. The van der Waals surface area contributed by atoms with Gasteiger partial charge in [-0.15, -0.1) is 0 Å². The lowest BCUT2D eigenvalue weighted by Gasteiger charge is -2.15. The Bertz CT molecular complexity index is 654. The van der Waals surface area contributed by atoms with E-state index in [9.17, 15) is 13.2 Å². The topological polar surface area (TPSA) is 21.1 Å². The van der Waals surface area contributed by atoms with Crippen LogP contribution in [0.2, 0.25) is 0 Å². The van der Waals surface area contributed by atoms with Gasteiger partial charge in [-0.05, 0) is 50.6 Å². The van der Waals surface area contributed by atoms with Crippen LogP contribution in [0.4, 0.5) is 13.2 Å². The zero-order valence-corrected chi connectivity index (χ0v) is 12.6. The number of aromatic nitrogens is 2. The molecule has 0 spiro atoms. The quantitative estimate of drug-likeness (QED) is 0.856. The molecule has 0 unspecified atom stereocenters. The van der Waals surface area contributed by atoms with E-state index < -0.39 is 11.9 Å². The molecule has 0 N–H and O–H groups in total. The van der Waals surface area contributed by atoms with Crippen molar-refractivity contribution in [2.75, 3.05) is 7.05 Å². The van der Waals surface area contributed by atoms with E-state index >= 15 is 0 Å². The Labute approximate surface area is 127 Å². The van der Waals surface area contributed by atoms with Crippen molar-refractivity contribution in [1.29, 1.82) is 0 Å². The Hall–Kier alpha value is -1.82. The third kappa shape index (κ3) is 3.16. The summed E-state index contributed by atoms with van der Waals surface area (Å²) in [6.45, 7) is 2.48. The van der Waals surface area contributed by atoms with Gasteiger partial charge in [-0.1, -0.05) is 12.1 Å². The first-order chi connectivity index (χ1) is 10.3. The summed E-state index contributed by atoms with van der Waals surface area (Å²) in [5.74, 6) is 0. The molecule has 0 saturated heterocycles. The number of rotatable bonds is 4. The van der Waals surface area contributed by atoms with Gasteiger partial charge in [0.25, 0.3) is 0 Å². The Morgan fingerprint density at radius 2 is 1.86 bits per heavy atom. The second-order valence-electron chi connectivity index (χ2n) is 5.89. The van der Waals surface area contributed by atoms with Crippen molar-refractivity contribution in [1.82, 2.24) is 14.7 Å². The van der Waals surface area contributed by atoms with Crippen molar-refractivity contribution in [3.05, 3.63) is 47.3 Å². The third-order valence-corrected chi connectivity index (χ3v) is 3.96. The predicted octanol–water partition coefficient (Wildman–Crippen LogP) is 3.79. The largest absolute Gasteiger partial charge is 0.435 e. The van der Waals surface area contributed by atoms with Crippen molar-refractivity contribution in [2.45, 2.75) is 38.5 Å². The van der Waals surface area contributed by atoms with Gasteiger partial charge in [0.05, 0.1) is 5.69 Å². The molecule has 1 aliphatic carbocycles. The van der Waals surface area contributed by atoms with Crippen LogP contribution >= 0.6 is 0 Å². The lowest BCUT2D eigenvalue weighted by molar-refractivity contribution is -0.141. The molecule has 3 nitrogen and oxygen atoms in total. The molecule has 0 amide bonds. The zero-order valence-electron chi connectivity index (χ0n) is 12.6. The lowest BCUT2D eigenvalue weighted by Crippen LogP contribution is -2.19. The molecule has 0 radical (unpaired) electrons. The summed E-state index contributed by atoms with van der Waals surface area (Å²) in [4.78, 5) is 2.30. The van der Waals surface area contributed by atoms with Gasteiger partial charge in [0.1, 0.15) is 0 Å². The van der Waals surface area contributed by atoms with Gasteiger partial charge in [-0.2, -0.15) is 18.3 Å². The number of hydrogen-bond acceptors (Lipinski definition) is 2. The highest BCUT2D eigenvalue weighted by atomic mass is 19.4. The predicted molar refractivity (Wildman–Crippen MR) is 77.8 cm³/mol. The van der Waals surface area contributed by atoms with Gasteiger partial charge >= 0.3 is 6.18 Å². The van der Waals surface area contributed by atoms with Crippen molar-refractivity contribution in [2.24, 2.45) is 0 Å². The maximum atomic E-state index is 12.7. The third-order valence-electron chi connectivity index (χ3n) is 3.96. The van der Waals surface area contributed by atoms with Crippen LogP contribution in [0, 0.1) is 6.92 Å². The molecule has 2 aromatic rings. The highest BCUT2D eigenvalue weighted by Gasteiger charge is 2.34. The van der Waals surface area contributed by atoms with Crippen LogP contribution in [0.5, 0.6) is 0 Å². The maximum Gasteiger partial charge on any atom is 0.435 e. The van der Waals surface area contributed by atoms with Crippen molar-refractivity contribution < 1.29 is 13.2 Å². The standard InChI is InChI=1S/C16H18F3N3/c1-11-9-15(16(17,18)19)20-22(11)14-5-3-12(4-6-14)10-21(2)13-7-8-13/h3-6,9,13H,7-8,10H2,1-2H3. The number of aryl methyl sites for hydroxylation is 1. The van der Waals surface area contributed by atoms with Crippen molar-refractivity contribution >= 4 is 0 Å². The van der Waals surface area contributed by atoms with Gasteiger partial charge in [0.15, 0.2) is 5.69 Å². The summed E-state index contributed by atoms with van der Waals surface area (Å²) in [7, 11) is 2.10. The van der Waals surface area contributed by atoms with Crippen molar-refractivity contribution in [3.8, 4) is 5.69 Å². The molecule has 22 heavy (non-hydrogen) atoms. The van der Waals surface area contributed by atoms with Gasteiger partial charge in [0, 0.05) is 18.3 Å². The molecule has 118 valence electrons. The van der Waals surface area contributed by atoms with E-state index in [1.54, 1.807) is 6.92 Å². The number of nitrogens with zero attached hydrogens (tertiary/aromatic N) is 3. The normalized spacial score (nSPS) is 15.5. The van der Waals surface area contributed by atoms with E-state index in [4.69, 9.17) is 0 Å². The first-order valence-electron chi connectivity index (χ1n) is 7.28.